The molecule has 8 atom stereocenters. The molecule has 0 radical (unpaired) electrons. The van der Waals surface area contributed by atoms with E-state index in [1.165, 1.54) is 40.9 Å². The maximum absolute atomic E-state index is 15.2. The number of rotatable bonds is 10. The molecule has 4 aromatic rings. The van der Waals surface area contributed by atoms with Gasteiger partial charge in [-0.25, -0.2) is 4.79 Å². The maximum Gasteiger partial charge on any atom is 0.329 e. The van der Waals surface area contributed by atoms with Gasteiger partial charge in [-0.05, 0) is 110 Å². The number of nitrogens with zero attached hydrogens (tertiary/aromatic N) is 5. The molecule has 8 rings (SSSR count). The van der Waals surface area contributed by atoms with Gasteiger partial charge in [0, 0.05) is 65.7 Å². The van der Waals surface area contributed by atoms with Crippen molar-refractivity contribution in [3.63, 3.8) is 0 Å². The van der Waals surface area contributed by atoms with E-state index < -0.39 is 101 Å². The third-order valence-corrected chi connectivity index (χ3v) is 17.5. The van der Waals surface area contributed by atoms with Crippen molar-refractivity contribution in [2.75, 3.05) is 66.9 Å². The van der Waals surface area contributed by atoms with E-state index in [0.717, 1.165) is 11.1 Å². The molecule has 0 saturated carbocycles. The minimum Gasteiger partial charge on any atom is -0.493 e. The highest BCUT2D eigenvalue weighted by molar-refractivity contribution is 6.38. The van der Waals surface area contributed by atoms with Gasteiger partial charge in [-0.3, -0.25) is 38.4 Å². The molecule has 2 N–H and O–H groups in total. The molecule has 7 amide bonds. The summed E-state index contributed by atoms with van der Waals surface area (Å²) in [5.41, 5.74) is 1.60. The maximum atomic E-state index is 15.2. The van der Waals surface area contributed by atoms with Gasteiger partial charge in [-0.2, -0.15) is 0 Å². The number of amides is 7. The van der Waals surface area contributed by atoms with Crippen molar-refractivity contribution in [3.05, 3.63) is 138 Å². The number of likely N-dealkylation sites (N-methyl/N-ethyl adjacent to an activating group) is 3. The van der Waals surface area contributed by atoms with E-state index in [-0.39, 0.29) is 63.6 Å². The van der Waals surface area contributed by atoms with Crippen molar-refractivity contribution in [2.24, 2.45) is 11.3 Å². The highest BCUT2D eigenvalue weighted by Gasteiger charge is 2.46. The molecule has 21 heteroatoms. The quantitative estimate of drug-likeness (QED) is 0.0674. The van der Waals surface area contributed by atoms with Crippen LogP contribution in [0.25, 0.3) is 0 Å². The largest absolute Gasteiger partial charge is 0.493 e. The van der Waals surface area contributed by atoms with Crippen LogP contribution >= 0.6 is 0 Å². The second-order valence-electron chi connectivity index (χ2n) is 25.2. The van der Waals surface area contributed by atoms with Crippen molar-refractivity contribution in [1.82, 2.24) is 29.8 Å². The van der Waals surface area contributed by atoms with Crippen molar-refractivity contribution in [3.8, 4) is 11.5 Å². The van der Waals surface area contributed by atoms with Crippen molar-refractivity contribution in [1.29, 1.82) is 0 Å². The number of esters is 1. The van der Waals surface area contributed by atoms with Crippen molar-refractivity contribution >= 4 is 58.8 Å². The van der Waals surface area contributed by atoms with Crippen LogP contribution in [0.1, 0.15) is 126 Å². The average Bonchev–Trinajstić information content (AvgIpc) is 1.88. The molecule has 91 heavy (non-hydrogen) atoms. The number of anilines is 1. The SMILES string of the molecule is COc1ccc(CC[C@H]2OC(=O)C3CCCCN3C(=O)C(=O)C(C)(C)COC3OC3C=CCCN(C)C(=O)C(CC(C)C)N(C)C(=O)[C@H]3CCCN3C(=O)[C@H](Cc3ccccc3)N(C)C(=O)[C@H](c3ccccc3)NC(=O)CCC(=O)Nc3cccc2c3)cc1OC. The summed E-state index contributed by atoms with van der Waals surface area (Å²) in [6, 6.07) is 24.8. The molecule has 0 aromatic heterocycles. The summed E-state index contributed by atoms with van der Waals surface area (Å²) in [4.78, 5) is 138. The molecule has 3 fully saturated rings. The molecule has 4 aromatic carbocycles. The predicted octanol–water partition coefficient (Wildman–Crippen LogP) is 7.57. The molecule has 3 saturated heterocycles. The van der Waals surface area contributed by atoms with Gasteiger partial charge in [0.2, 0.25) is 41.2 Å². The first-order valence-electron chi connectivity index (χ1n) is 31.7. The summed E-state index contributed by atoms with van der Waals surface area (Å²) in [6.07, 6.45) is 4.83. The van der Waals surface area contributed by atoms with Crippen LogP contribution in [-0.2, 0) is 70.2 Å². The highest BCUT2D eigenvalue weighted by atomic mass is 16.8. The number of carbonyl (C=O) groups excluding carboxylic acids is 9. The second kappa shape index (κ2) is 31.5. The number of ketones is 1. The van der Waals surface area contributed by atoms with Crippen LogP contribution in [0.5, 0.6) is 11.5 Å². The van der Waals surface area contributed by atoms with E-state index in [2.05, 4.69) is 10.6 Å². The van der Waals surface area contributed by atoms with Gasteiger partial charge >= 0.3 is 5.97 Å². The molecule has 4 aliphatic rings. The van der Waals surface area contributed by atoms with Crippen molar-refractivity contribution < 1.29 is 66.8 Å². The van der Waals surface area contributed by atoms with Crippen LogP contribution in [0, 0.1) is 11.3 Å². The molecule has 4 unspecified atom stereocenters. The van der Waals surface area contributed by atoms with E-state index in [4.69, 9.17) is 23.7 Å². The lowest BCUT2D eigenvalue weighted by molar-refractivity contribution is -0.165. The standard InChI is InChI=1S/C70H89N7O14/c1-45(2)40-53-63(81)73(5)37-18-17-30-57-69(91-57)89-44-70(3,4)62(80)67(85)77-38-19-16-28-52(77)68(86)90-55(33-31-47-32-34-56(87-8)58(42-47)88-9)49-26-20-27-50(43-49)71-59(78)35-36-60(79)72-61(48-24-14-11-15-25-48)66(84)75(7)54(41-46-22-12-10-13-23-46)65(83)76-39-21-29-51(76)64(82)74(53)6/h10-15,17,20,22-27,30,32,34,42-43,45,51-55,57,61,69H,16,18-19,21,28-29,31,33,35-41,44H2,1-9H3,(H,71,78)(H,72,79)/t51-,52?,53?,54+,55-,57?,61+,69?/m1/s1. The molecule has 4 aliphatic heterocycles. The average molecular weight is 1250 g/mol. The fourth-order valence-corrected chi connectivity index (χ4v) is 12.0. The molecule has 4 heterocycles. The molecule has 0 spiro atoms. The van der Waals surface area contributed by atoms with Gasteiger partial charge in [-0.1, -0.05) is 119 Å². The van der Waals surface area contributed by atoms with E-state index in [9.17, 15) is 33.6 Å². The summed E-state index contributed by atoms with van der Waals surface area (Å²) < 4.78 is 29.2. The number of cyclic esters (lactones) is 1. The molecular weight excluding hydrogens is 1160 g/mol. The van der Waals surface area contributed by atoms with E-state index in [1.807, 2.05) is 68.5 Å². The highest BCUT2D eigenvalue weighted by Crippen LogP contribution is 2.34. The van der Waals surface area contributed by atoms with E-state index >= 15 is 9.59 Å². The summed E-state index contributed by atoms with van der Waals surface area (Å²) >= 11 is 0. The van der Waals surface area contributed by atoms with Gasteiger partial charge in [0.15, 0.2) is 17.8 Å². The van der Waals surface area contributed by atoms with Gasteiger partial charge in [-0.15, -0.1) is 0 Å². The first-order valence-corrected chi connectivity index (χ1v) is 31.7. The molecule has 0 aliphatic carbocycles. The Bertz CT molecular complexity index is 3270. The Kier molecular flexibility index (Phi) is 23.7. The van der Waals surface area contributed by atoms with Crippen LogP contribution in [0.4, 0.5) is 5.69 Å². The lowest BCUT2D eigenvalue weighted by Gasteiger charge is -2.37. The number of nitrogens with one attached hydrogen (secondary N) is 2. The number of aryl methyl sites for hydroxylation is 1. The zero-order valence-electron chi connectivity index (χ0n) is 53.9. The van der Waals surface area contributed by atoms with Crippen molar-refractivity contribution in [2.45, 2.75) is 153 Å². The number of ether oxygens (including phenoxy) is 5. The van der Waals surface area contributed by atoms with E-state index in [0.29, 0.717) is 79.8 Å². The number of Topliss-reactive ketones (excluding diaryl/α,β-unsaturated/α-hetero) is 1. The number of hydrogen-bond acceptors (Lipinski definition) is 14. The fraction of sp³-hybridized carbons (Fsp3) is 0.500. The summed E-state index contributed by atoms with van der Waals surface area (Å²) in [6.45, 7) is 7.71. The van der Waals surface area contributed by atoms with Crippen LogP contribution in [0.2, 0.25) is 0 Å². The first-order chi connectivity index (χ1) is 43.6. The lowest BCUT2D eigenvalue weighted by atomic mass is 9.87. The van der Waals surface area contributed by atoms with Crippen LogP contribution in [0.15, 0.2) is 115 Å². The Morgan fingerprint density at radius 1 is 0.648 bits per heavy atom. The Hall–Kier alpha value is -8.43. The second-order valence-corrected chi connectivity index (χ2v) is 25.2. The molecule has 21 nitrogen and oxygen atoms in total. The monoisotopic (exact) mass is 1250 g/mol. The fourth-order valence-electron chi connectivity index (χ4n) is 12.0. The zero-order valence-corrected chi connectivity index (χ0v) is 53.9. The Labute approximate surface area is 534 Å². The third-order valence-electron chi connectivity index (χ3n) is 17.5. The minimum absolute atomic E-state index is 0.0193. The number of carbonyl (C=O) groups is 9. The minimum atomic E-state index is -1.31. The number of benzene rings is 4. The van der Waals surface area contributed by atoms with Gasteiger partial charge in [0.1, 0.15) is 42.4 Å². The number of hydrogen-bond donors (Lipinski definition) is 2. The number of piperidine rings is 1. The Morgan fingerprint density at radius 2 is 1.32 bits per heavy atom. The van der Waals surface area contributed by atoms with Crippen LogP contribution in [-0.4, -0.2) is 176 Å². The molecule has 488 valence electrons. The lowest BCUT2D eigenvalue weighted by Crippen LogP contribution is -2.58. The van der Waals surface area contributed by atoms with Crippen LogP contribution < -0.4 is 20.1 Å². The number of epoxide rings is 1. The third kappa shape index (κ3) is 17.8. The Morgan fingerprint density at radius 3 is 2.03 bits per heavy atom. The normalized spacial score (nSPS) is 25.0. The zero-order chi connectivity index (χ0) is 65.5. The molecular formula is C70H89N7O14. The van der Waals surface area contributed by atoms with Gasteiger partial charge in [0.05, 0.1) is 26.2 Å². The summed E-state index contributed by atoms with van der Waals surface area (Å²) in [7, 11) is 7.87. The van der Waals surface area contributed by atoms with E-state index in [1.54, 1.807) is 93.5 Å². The summed E-state index contributed by atoms with van der Waals surface area (Å²) in [5, 5.41) is 5.73. The number of methoxy groups -OCH3 is 2. The topological polar surface area (TPSA) is 243 Å². The van der Waals surface area contributed by atoms with Gasteiger partial charge in [0.25, 0.3) is 5.91 Å². The predicted molar refractivity (Wildman–Crippen MR) is 340 cm³/mol. The number of fused-ring (bicyclic) bond motifs is 5. The van der Waals surface area contributed by atoms with Gasteiger partial charge < -0.3 is 58.8 Å². The van der Waals surface area contributed by atoms with Crippen LogP contribution in [0.3, 0.4) is 0 Å². The smallest absolute Gasteiger partial charge is 0.329 e. The summed E-state index contributed by atoms with van der Waals surface area (Å²) in [5.74, 6) is -4.08. The first kappa shape index (κ1) is 68.5. The molecule has 2 bridgehead atoms. The Balaban J connectivity index is 1.08.